The van der Waals surface area contributed by atoms with Crippen LogP contribution in [0.3, 0.4) is 0 Å². The van der Waals surface area contributed by atoms with Crippen molar-refractivity contribution in [3.8, 4) is 5.75 Å². The van der Waals surface area contributed by atoms with Crippen LogP contribution >= 0.6 is 11.6 Å². The Labute approximate surface area is 207 Å². The number of ketones is 1. The van der Waals surface area contributed by atoms with Crippen molar-refractivity contribution >= 4 is 35.1 Å². The zero-order valence-corrected chi connectivity index (χ0v) is 20.2. The SMILES string of the molecule is CCOC(=O)N1CCC(N2C(=O)C(=O)/C(=C(/O)c3ccc(Cl)c(OC)c3)C2c2cccnc2)CC1. The maximum absolute atomic E-state index is 13.3. The van der Waals surface area contributed by atoms with Gasteiger partial charge in [-0.25, -0.2) is 4.79 Å². The van der Waals surface area contributed by atoms with Crippen LogP contribution in [0.5, 0.6) is 5.75 Å². The Bertz CT molecular complexity index is 1160. The molecule has 35 heavy (non-hydrogen) atoms. The van der Waals surface area contributed by atoms with E-state index in [2.05, 4.69) is 4.98 Å². The Morgan fingerprint density at radius 3 is 2.60 bits per heavy atom. The Hall–Kier alpha value is -3.59. The van der Waals surface area contributed by atoms with E-state index >= 15 is 0 Å². The van der Waals surface area contributed by atoms with Crippen LogP contribution < -0.4 is 4.74 Å². The van der Waals surface area contributed by atoms with Gasteiger partial charge in [-0.1, -0.05) is 17.7 Å². The van der Waals surface area contributed by atoms with Crippen molar-refractivity contribution in [2.75, 3.05) is 26.8 Å². The molecule has 3 heterocycles. The van der Waals surface area contributed by atoms with E-state index in [1.807, 2.05) is 0 Å². The molecule has 2 amide bonds. The van der Waals surface area contributed by atoms with Crippen LogP contribution in [-0.4, -0.2) is 70.5 Å². The van der Waals surface area contributed by atoms with Crippen LogP contribution in [0.4, 0.5) is 4.79 Å². The Kier molecular flexibility index (Phi) is 7.25. The van der Waals surface area contributed by atoms with Crippen LogP contribution in [0.25, 0.3) is 5.76 Å². The standard InChI is InChI=1S/C25H26ClN3O6/c1-3-35-25(33)28-11-8-17(9-12-28)29-21(16-5-4-10-27-14-16)20(23(31)24(29)32)22(30)15-6-7-18(26)19(13-15)34-2/h4-7,10,13-14,17,21,30H,3,8-9,11-12H2,1-2H3/b22-20+. The number of Topliss-reactive ketones (excluding diaryl/α,β-unsaturated/α-hetero) is 1. The molecule has 0 saturated carbocycles. The number of rotatable bonds is 5. The summed E-state index contributed by atoms with van der Waals surface area (Å²) in [5, 5.41) is 11.6. The van der Waals surface area contributed by atoms with Crippen LogP contribution in [0.1, 0.15) is 36.9 Å². The van der Waals surface area contributed by atoms with E-state index in [4.69, 9.17) is 21.1 Å². The second-order valence-electron chi connectivity index (χ2n) is 8.26. The number of aromatic nitrogens is 1. The summed E-state index contributed by atoms with van der Waals surface area (Å²) in [5.41, 5.74) is 0.873. The predicted molar refractivity (Wildman–Crippen MR) is 128 cm³/mol. The lowest BCUT2D eigenvalue weighted by Gasteiger charge is -2.38. The molecule has 0 bridgehead atoms. The maximum Gasteiger partial charge on any atom is 0.409 e. The topological polar surface area (TPSA) is 109 Å². The van der Waals surface area contributed by atoms with Gasteiger partial charge in [0.05, 0.1) is 30.4 Å². The number of halogens is 1. The third-order valence-electron chi connectivity index (χ3n) is 6.29. The molecule has 9 nitrogen and oxygen atoms in total. The molecule has 0 radical (unpaired) electrons. The fourth-order valence-corrected chi connectivity index (χ4v) is 4.79. The number of carbonyl (C=O) groups excluding carboxylic acids is 3. The highest BCUT2D eigenvalue weighted by molar-refractivity contribution is 6.46. The molecule has 4 rings (SSSR count). The molecule has 2 aromatic rings. The van der Waals surface area contributed by atoms with Gasteiger partial charge in [0.15, 0.2) is 0 Å². The smallest absolute Gasteiger partial charge is 0.409 e. The van der Waals surface area contributed by atoms with Crippen LogP contribution in [0, 0.1) is 0 Å². The molecule has 1 N–H and O–H groups in total. The van der Waals surface area contributed by atoms with Gasteiger partial charge in [-0.2, -0.15) is 0 Å². The average Bonchev–Trinajstić information content (AvgIpc) is 3.15. The molecule has 0 aliphatic carbocycles. The number of carbonyl (C=O) groups is 3. The van der Waals surface area contributed by atoms with Crippen molar-refractivity contribution < 1.29 is 29.0 Å². The number of benzene rings is 1. The van der Waals surface area contributed by atoms with Crippen molar-refractivity contribution in [1.82, 2.24) is 14.8 Å². The van der Waals surface area contributed by atoms with E-state index in [0.29, 0.717) is 47.8 Å². The lowest BCUT2D eigenvalue weighted by Crippen LogP contribution is -2.48. The molecule has 2 aliphatic heterocycles. The van der Waals surface area contributed by atoms with Crippen molar-refractivity contribution in [1.29, 1.82) is 0 Å². The molecule has 184 valence electrons. The van der Waals surface area contributed by atoms with E-state index in [-0.39, 0.29) is 24.0 Å². The van der Waals surface area contributed by atoms with Gasteiger partial charge >= 0.3 is 6.09 Å². The van der Waals surface area contributed by atoms with E-state index in [1.165, 1.54) is 18.1 Å². The third-order valence-corrected chi connectivity index (χ3v) is 6.60. The first-order chi connectivity index (χ1) is 16.9. The van der Waals surface area contributed by atoms with E-state index in [1.54, 1.807) is 48.5 Å². The fourth-order valence-electron chi connectivity index (χ4n) is 4.60. The fraction of sp³-hybridized carbons (Fsp3) is 0.360. The molecular formula is C25H26ClN3O6. The van der Waals surface area contributed by atoms with Gasteiger partial charge < -0.3 is 24.4 Å². The summed E-state index contributed by atoms with van der Waals surface area (Å²) in [5.74, 6) is -1.47. The molecule has 10 heteroatoms. The highest BCUT2D eigenvalue weighted by atomic mass is 35.5. The molecule has 0 spiro atoms. The zero-order chi connectivity index (χ0) is 25.1. The molecule has 2 fully saturated rings. The molecule has 1 aromatic carbocycles. The second kappa shape index (κ2) is 10.4. The maximum atomic E-state index is 13.3. The van der Waals surface area contributed by atoms with Gasteiger partial charge in [0, 0.05) is 37.1 Å². The number of aliphatic hydroxyl groups is 1. The molecule has 2 saturated heterocycles. The number of aliphatic hydroxyl groups excluding tert-OH is 1. The summed E-state index contributed by atoms with van der Waals surface area (Å²) < 4.78 is 10.3. The Balaban J connectivity index is 1.73. The highest BCUT2D eigenvalue weighted by Gasteiger charge is 2.49. The third kappa shape index (κ3) is 4.68. The van der Waals surface area contributed by atoms with Crippen molar-refractivity contribution in [3.05, 3.63) is 64.4 Å². The lowest BCUT2D eigenvalue weighted by atomic mass is 9.94. The van der Waals surface area contributed by atoms with Crippen LogP contribution in [-0.2, 0) is 14.3 Å². The summed E-state index contributed by atoms with van der Waals surface area (Å²) >= 11 is 6.12. The number of ether oxygens (including phenoxy) is 2. The van der Waals surface area contributed by atoms with Crippen molar-refractivity contribution in [2.24, 2.45) is 0 Å². The minimum atomic E-state index is -0.829. The van der Waals surface area contributed by atoms with Gasteiger partial charge in [0.2, 0.25) is 0 Å². The Morgan fingerprint density at radius 1 is 1.23 bits per heavy atom. The normalized spacial score (nSPS) is 20.3. The van der Waals surface area contributed by atoms with Gasteiger partial charge in [0.25, 0.3) is 11.7 Å². The predicted octanol–water partition coefficient (Wildman–Crippen LogP) is 3.79. The Morgan fingerprint density at radius 2 is 1.97 bits per heavy atom. The summed E-state index contributed by atoms with van der Waals surface area (Å²) in [6.45, 7) is 2.80. The van der Waals surface area contributed by atoms with Crippen LogP contribution in [0.2, 0.25) is 5.02 Å². The number of hydrogen-bond acceptors (Lipinski definition) is 7. The quantitative estimate of drug-likeness (QED) is 0.378. The van der Waals surface area contributed by atoms with Gasteiger partial charge in [-0.3, -0.25) is 14.6 Å². The number of methoxy groups -OCH3 is 1. The van der Waals surface area contributed by atoms with E-state index < -0.39 is 23.8 Å². The first-order valence-electron chi connectivity index (χ1n) is 11.3. The van der Waals surface area contributed by atoms with E-state index in [9.17, 15) is 19.5 Å². The summed E-state index contributed by atoms with van der Waals surface area (Å²) in [6, 6.07) is 6.96. The first kappa shape index (κ1) is 24.5. The highest BCUT2D eigenvalue weighted by Crippen LogP contribution is 2.42. The molecule has 1 unspecified atom stereocenters. The number of pyridine rings is 1. The minimum absolute atomic E-state index is 0.0276. The van der Waals surface area contributed by atoms with Gasteiger partial charge in [-0.05, 0) is 49.6 Å². The lowest BCUT2D eigenvalue weighted by molar-refractivity contribution is -0.142. The monoisotopic (exact) mass is 499 g/mol. The zero-order valence-electron chi connectivity index (χ0n) is 19.4. The average molecular weight is 500 g/mol. The second-order valence-corrected chi connectivity index (χ2v) is 8.67. The first-order valence-corrected chi connectivity index (χ1v) is 11.7. The van der Waals surface area contributed by atoms with Crippen LogP contribution in [0.15, 0.2) is 48.3 Å². The molecule has 2 aliphatic rings. The number of hydrogen-bond donors (Lipinski definition) is 1. The van der Waals surface area contributed by atoms with Crippen molar-refractivity contribution in [2.45, 2.75) is 31.8 Å². The molecule has 1 aromatic heterocycles. The summed E-state index contributed by atoms with van der Waals surface area (Å²) in [6.07, 6.45) is 3.72. The number of piperidine rings is 1. The number of amides is 2. The molecular weight excluding hydrogens is 474 g/mol. The minimum Gasteiger partial charge on any atom is -0.507 e. The largest absolute Gasteiger partial charge is 0.507 e. The number of likely N-dealkylation sites (tertiary alicyclic amines) is 2. The van der Waals surface area contributed by atoms with Gasteiger partial charge in [-0.15, -0.1) is 0 Å². The van der Waals surface area contributed by atoms with Gasteiger partial charge in [0.1, 0.15) is 11.5 Å². The summed E-state index contributed by atoms with van der Waals surface area (Å²) in [7, 11) is 1.45. The number of nitrogens with zero attached hydrogens (tertiary/aromatic N) is 3. The van der Waals surface area contributed by atoms with Crippen molar-refractivity contribution in [3.63, 3.8) is 0 Å². The molecule has 1 atom stereocenters. The summed E-state index contributed by atoms with van der Waals surface area (Å²) in [4.78, 5) is 45.9. The van der Waals surface area contributed by atoms with E-state index in [0.717, 1.165) is 0 Å².